The van der Waals surface area contributed by atoms with Crippen LogP contribution in [-0.2, 0) is 9.53 Å². The van der Waals surface area contributed by atoms with Gasteiger partial charge in [0, 0.05) is 37.9 Å². The lowest BCUT2D eigenvalue weighted by Crippen LogP contribution is -2.37. The topological polar surface area (TPSA) is 88.8 Å². The zero-order valence-corrected chi connectivity index (χ0v) is 16.8. The number of amides is 1. The van der Waals surface area contributed by atoms with Crippen LogP contribution in [0.5, 0.6) is 0 Å². The Kier molecular flexibility index (Phi) is 7.14. The minimum absolute atomic E-state index is 0.438. The summed E-state index contributed by atoms with van der Waals surface area (Å²) in [4.78, 5) is 17.0. The van der Waals surface area contributed by atoms with E-state index < -0.39 is 11.7 Å². The number of benzene rings is 1. The molecule has 2 fully saturated rings. The SMILES string of the molecule is CC1CCN(c2cc(N3CCOCC3)ccc2NC(=O)/C(O)=C/C=C/C#N)CC1. The number of hydrogen-bond donors (Lipinski definition) is 2. The minimum Gasteiger partial charge on any atom is -0.503 e. The molecule has 3 rings (SSSR count). The van der Waals surface area contributed by atoms with Gasteiger partial charge in [-0.15, -0.1) is 0 Å². The van der Waals surface area contributed by atoms with Crippen LogP contribution in [0.2, 0.25) is 0 Å². The number of nitriles is 1. The molecule has 0 aromatic heterocycles. The fourth-order valence-corrected chi connectivity index (χ4v) is 3.60. The number of nitrogens with zero attached hydrogens (tertiary/aromatic N) is 3. The minimum atomic E-state index is -0.599. The van der Waals surface area contributed by atoms with Gasteiger partial charge in [0.1, 0.15) is 0 Å². The van der Waals surface area contributed by atoms with Gasteiger partial charge in [-0.25, -0.2) is 0 Å². The average Bonchev–Trinajstić information content (AvgIpc) is 2.75. The van der Waals surface area contributed by atoms with E-state index in [1.54, 1.807) is 0 Å². The van der Waals surface area contributed by atoms with Crippen molar-refractivity contribution in [2.75, 3.05) is 54.5 Å². The first kappa shape index (κ1) is 20.7. The number of aliphatic hydroxyl groups excluding tert-OH is 1. The quantitative estimate of drug-likeness (QED) is 0.344. The van der Waals surface area contributed by atoms with E-state index in [2.05, 4.69) is 28.1 Å². The molecule has 1 amide bonds. The summed E-state index contributed by atoms with van der Waals surface area (Å²) in [6.45, 7) is 7.25. The van der Waals surface area contributed by atoms with Gasteiger partial charge in [-0.3, -0.25) is 4.79 Å². The Morgan fingerprint density at radius 3 is 2.66 bits per heavy atom. The molecule has 0 radical (unpaired) electrons. The van der Waals surface area contributed by atoms with Gasteiger partial charge < -0.3 is 25.0 Å². The van der Waals surface area contributed by atoms with Gasteiger partial charge in [-0.2, -0.15) is 5.26 Å². The normalized spacial score (nSPS) is 18.7. The van der Waals surface area contributed by atoms with Crippen molar-refractivity contribution in [2.45, 2.75) is 19.8 Å². The van der Waals surface area contributed by atoms with E-state index in [0.717, 1.165) is 50.4 Å². The molecule has 7 nitrogen and oxygen atoms in total. The van der Waals surface area contributed by atoms with E-state index in [1.165, 1.54) is 18.2 Å². The molecule has 2 N–H and O–H groups in total. The second kappa shape index (κ2) is 9.99. The fraction of sp³-hybridized carbons (Fsp3) is 0.455. The van der Waals surface area contributed by atoms with Crippen LogP contribution in [0.3, 0.4) is 0 Å². The molecule has 2 saturated heterocycles. The maximum absolute atomic E-state index is 12.4. The average molecular weight is 396 g/mol. The van der Waals surface area contributed by atoms with E-state index in [4.69, 9.17) is 10.00 Å². The molecule has 2 aliphatic rings. The molecule has 0 saturated carbocycles. The summed E-state index contributed by atoms with van der Waals surface area (Å²) in [5.74, 6) is -0.337. The van der Waals surface area contributed by atoms with Crippen LogP contribution >= 0.6 is 0 Å². The zero-order chi connectivity index (χ0) is 20.6. The van der Waals surface area contributed by atoms with Crippen LogP contribution in [0.1, 0.15) is 19.8 Å². The number of carbonyl (C=O) groups is 1. The van der Waals surface area contributed by atoms with Crippen molar-refractivity contribution in [3.8, 4) is 6.07 Å². The highest BCUT2D eigenvalue weighted by molar-refractivity contribution is 6.04. The van der Waals surface area contributed by atoms with Crippen LogP contribution in [0.25, 0.3) is 0 Å². The lowest BCUT2D eigenvalue weighted by molar-refractivity contribution is -0.115. The highest BCUT2D eigenvalue weighted by Gasteiger charge is 2.22. The maximum atomic E-state index is 12.4. The summed E-state index contributed by atoms with van der Waals surface area (Å²) >= 11 is 0. The Labute approximate surface area is 171 Å². The molecular weight excluding hydrogens is 368 g/mol. The van der Waals surface area contributed by atoms with Gasteiger partial charge >= 0.3 is 0 Å². The second-order valence-electron chi connectivity index (χ2n) is 7.46. The first-order valence-corrected chi connectivity index (χ1v) is 10.1. The van der Waals surface area contributed by atoms with E-state index in [0.29, 0.717) is 24.8 Å². The molecule has 2 heterocycles. The van der Waals surface area contributed by atoms with Crippen molar-refractivity contribution in [2.24, 2.45) is 5.92 Å². The van der Waals surface area contributed by atoms with Gasteiger partial charge in [0.05, 0.1) is 30.7 Å². The largest absolute Gasteiger partial charge is 0.503 e. The maximum Gasteiger partial charge on any atom is 0.290 e. The van der Waals surface area contributed by atoms with E-state index in [1.807, 2.05) is 18.2 Å². The number of allylic oxidation sites excluding steroid dienone is 3. The summed E-state index contributed by atoms with van der Waals surface area (Å²) in [6, 6.07) is 7.83. The number of rotatable bonds is 5. The molecule has 0 bridgehead atoms. The highest BCUT2D eigenvalue weighted by Crippen LogP contribution is 2.34. The number of piperidine rings is 1. The molecule has 0 spiro atoms. The number of carbonyl (C=O) groups excluding carboxylic acids is 1. The van der Waals surface area contributed by atoms with Gasteiger partial charge in [-0.05, 0) is 49.1 Å². The van der Waals surface area contributed by atoms with Crippen molar-refractivity contribution in [3.63, 3.8) is 0 Å². The number of ether oxygens (including phenoxy) is 1. The van der Waals surface area contributed by atoms with Gasteiger partial charge in [0.2, 0.25) is 0 Å². The highest BCUT2D eigenvalue weighted by atomic mass is 16.5. The molecule has 0 atom stereocenters. The van der Waals surface area contributed by atoms with Gasteiger partial charge in [0.25, 0.3) is 5.91 Å². The predicted octanol–water partition coefficient (Wildman–Crippen LogP) is 3.22. The first-order valence-electron chi connectivity index (χ1n) is 10.1. The van der Waals surface area contributed by atoms with Crippen LogP contribution in [0.4, 0.5) is 17.1 Å². The molecule has 1 aromatic carbocycles. The molecule has 1 aromatic rings. The van der Waals surface area contributed by atoms with Gasteiger partial charge in [-0.1, -0.05) is 6.92 Å². The third kappa shape index (κ3) is 5.52. The van der Waals surface area contributed by atoms with E-state index >= 15 is 0 Å². The second-order valence-corrected chi connectivity index (χ2v) is 7.46. The predicted molar refractivity (Wildman–Crippen MR) is 114 cm³/mol. The Morgan fingerprint density at radius 1 is 1.24 bits per heavy atom. The Morgan fingerprint density at radius 2 is 1.97 bits per heavy atom. The molecule has 0 unspecified atom stereocenters. The van der Waals surface area contributed by atoms with Crippen molar-refractivity contribution in [1.29, 1.82) is 5.26 Å². The molecule has 2 aliphatic heterocycles. The van der Waals surface area contributed by atoms with Crippen LogP contribution in [0.15, 0.2) is 42.2 Å². The zero-order valence-electron chi connectivity index (χ0n) is 16.8. The Balaban J connectivity index is 1.84. The molecular formula is C22H28N4O3. The summed E-state index contributed by atoms with van der Waals surface area (Å²) in [6.07, 6.45) is 5.96. The summed E-state index contributed by atoms with van der Waals surface area (Å²) in [5, 5.41) is 21.3. The smallest absolute Gasteiger partial charge is 0.290 e. The van der Waals surface area contributed by atoms with Crippen molar-refractivity contribution in [1.82, 2.24) is 0 Å². The van der Waals surface area contributed by atoms with E-state index in [9.17, 15) is 9.90 Å². The van der Waals surface area contributed by atoms with Crippen LogP contribution < -0.4 is 15.1 Å². The van der Waals surface area contributed by atoms with E-state index in [-0.39, 0.29) is 0 Å². The third-order valence-corrected chi connectivity index (χ3v) is 5.39. The van der Waals surface area contributed by atoms with Gasteiger partial charge in [0.15, 0.2) is 5.76 Å². The molecule has 154 valence electrons. The monoisotopic (exact) mass is 396 g/mol. The summed E-state index contributed by atoms with van der Waals surface area (Å²) in [5.41, 5.74) is 2.75. The van der Waals surface area contributed by atoms with Crippen LogP contribution in [-0.4, -0.2) is 50.4 Å². The first-order chi connectivity index (χ1) is 14.1. The Hall–Kier alpha value is -2.98. The molecule has 7 heteroatoms. The lowest BCUT2D eigenvalue weighted by atomic mass is 9.98. The summed E-state index contributed by atoms with van der Waals surface area (Å²) < 4.78 is 5.45. The number of nitrogens with one attached hydrogen (secondary N) is 1. The molecule has 0 aliphatic carbocycles. The number of aliphatic hydroxyl groups is 1. The summed E-state index contributed by atoms with van der Waals surface area (Å²) in [7, 11) is 0. The van der Waals surface area contributed by atoms with Crippen molar-refractivity contribution >= 4 is 23.0 Å². The fourth-order valence-electron chi connectivity index (χ4n) is 3.60. The number of anilines is 3. The number of morpholine rings is 1. The lowest BCUT2D eigenvalue weighted by Gasteiger charge is -2.35. The Bertz CT molecular complexity index is 814. The molecule has 29 heavy (non-hydrogen) atoms. The number of hydrogen-bond acceptors (Lipinski definition) is 6. The standard InChI is InChI=1S/C22H28N4O3/c1-17-7-10-26(11-8-17)20-16-18(25-12-14-29-15-13-25)5-6-19(20)24-22(28)21(27)4-2-3-9-23/h2-6,16-17,27H,7-8,10-15H2,1H3,(H,24,28)/b3-2+,21-4-. The van der Waals surface area contributed by atoms with Crippen LogP contribution in [0, 0.1) is 17.2 Å². The van der Waals surface area contributed by atoms with Crippen molar-refractivity contribution in [3.05, 3.63) is 42.2 Å². The third-order valence-electron chi connectivity index (χ3n) is 5.39. The van der Waals surface area contributed by atoms with Crippen molar-refractivity contribution < 1.29 is 14.6 Å².